The van der Waals surface area contributed by atoms with Gasteiger partial charge in [-0.05, 0) is 118 Å². The molecule has 0 aliphatic heterocycles. The van der Waals surface area contributed by atoms with Crippen LogP contribution < -0.4 is 9.47 Å². The topological polar surface area (TPSA) is 143 Å². The number of ketones is 1. The molecular formula is C45H53Cl2NO8S. The third kappa shape index (κ3) is 12.5. The number of aliphatic carboxylic acids is 1. The van der Waals surface area contributed by atoms with Crippen molar-refractivity contribution in [1.82, 2.24) is 4.98 Å². The lowest BCUT2D eigenvalue weighted by molar-refractivity contribution is -0.137. The van der Waals surface area contributed by atoms with Crippen LogP contribution in [0.4, 0.5) is 0 Å². The summed E-state index contributed by atoms with van der Waals surface area (Å²) in [5.41, 5.74) is 6.53. The minimum atomic E-state index is -0.941. The van der Waals surface area contributed by atoms with Gasteiger partial charge in [-0.3, -0.25) is 9.59 Å². The number of halogens is 2. The SMILES string of the molecule is Cc1ccc(C)c(OC[C@H]2C(Cl)CC(O)[C@@H]2CCCc2ncc(C(=O)O)s2)c1.Cc1ccc(OC[C@H]2C(=O)CC(Cl)[C@@H]2Cc2cccc(CCC(=O)O)c2)c(C)c1. The quantitative estimate of drug-likeness (QED) is 0.0942. The van der Waals surface area contributed by atoms with E-state index >= 15 is 0 Å². The minimum absolute atomic E-state index is 0.00430. The number of carboxylic acids is 2. The van der Waals surface area contributed by atoms with Crippen molar-refractivity contribution in [1.29, 1.82) is 0 Å². The number of nitrogens with zero attached hydrogens (tertiary/aromatic N) is 1. The molecule has 7 atom stereocenters. The Hall–Kier alpha value is -3.96. The van der Waals surface area contributed by atoms with Crippen molar-refractivity contribution in [3.63, 3.8) is 0 Å². The zero-order valence-corrected chi connectivity index (χ0v) is 35.3. The van der Waals surface area contributed by atoms with Crippen LogP contribution in [0.3, 0.4) is 0 Å². The highest BCUT2D eigenvalue weighted by atomic mass is 35.5. The van der Waals surface area contributed by atoms with Crippen LogP contribution in [-0.4, -0.2) is 68.1 Å². The number of rotatable bonds is 16. The van der Waals surface area contributed by atoms with Crippen molar-refractivity contribution < 1.29 is 39.2 Å². The number of carbonyl (C=O) groups is 3. The fourth-order valence-electron chi connectivity index (χ4n) is 7.88. The lowest BCUT2D eigenvalue weighted by Gasteiger charge is -2.24. The number of aliphatic hydroxyl groups excluding tert-OH is 1. The van der Waals surface area contributed by atoms with Gasteiger partial charge < -0.3 is 24.8 Å². The van der Waals surface area contributed by atoms with Crippen LogP contribution in [0.2, 0.25) is 0 Å². The number of ether oxygens (including phenoxy) is 2. The number of hydrogen-bond acceptors (Lipinski definition) is 8. The fourth-order valence-corrected chi connectivity index (χ4v) is 9.54. The number of benzene rings is 3. The summed E-state index contributed by atoms with van der Waals surface area (Å²) in [6.45, 7) is 8.91. The number of alkyl halides is 2. The maximum atomic E-state index is 12.6. The van der Waals surface area contributed by atoms with Gasteiger partial charge in [0.1, 0.15) is 22.2 Å². The monoisotopic (exact) mass is 837 g/mol. The molecule has 12 heteroatoms. The van der Waals surface area contributed by atoms with E-state index in [9.17, 15) is 19.5 Å². The van der Waals surface area contributed by atoms with Gasteiger partial charge in [-0.25, -0.2) is 9.78 Å². The first kappa shape index (κ1) is 44.1. The molecule has 3 N–H and O–H groups in total. The number of aryl methyl sites for hydroxylation is 6. The van der Waals surface area contributed by atoms with E-state index in [4.69, 9.17) is 42.9 Å². The Morgan fingerprint density at radius 3 is 2.26 bits per heavy atom. The number of hydrogen-bond donors (Lipinski definition) is 3. The van der Waals surface area contributed by atoms with E-state index in [-0.39, 0.29) is 51.5 Å². The lowest BCUT2D eigenvalue weighted by atomic mass is 9.89. The molecule has 306 valence electrons. The maximum Gasteiger partial charge on any atom is 0.347 e. The molecule has 0 amide bonds. The van der Waals surface area contributed by atoms with Gasteiger partial charge >= 0.3 is 11.9 Å². The van der Waals surface area contributed by atoms with Crippen molar-refractivity contribution in [2.75, 3.05) is 13.2 Å². The molecule has 2 saturated carbocycles. The van der Waals surface area contributed by atoms with Gasteiger partial charge in [-0.15, -0.1) is 34.5 Å². The first-order chi connectivity index (χ1) is 27.2. The van der Waals surface area contributed by atoms with Crippen LogP contribution in [-0.2, 0) is 28.9 Å². The summed E-state index contributed by atoms with van der Waals surface area (Å²) in [5.74, 6) is 0.00922. The van der Waals surface area contributed by atoms with Gasteiger partial charge in [0.25, 0.3) is 0 Å². The van der Waals surface area contributed by atoms with E-state index < -0.39 is 18.0 Å². The first-order valence-corrected chi connectivity index (χ1v) is 21.2. The minimum Gasteiger partial charge on any atom is -0.493 e. The molecule has 0 spiro atoms. The van der Waals surface area contributed by atoms with Crippen molar-refractivity contribution in [2.24, 2.45) is 23.7 Å². The molecule has 4 aromatic rings. The Morgan fingerprint density at radius 1 is 0.825 bits per heavy atom. The predicted octanol–water partition coefficient (Wildman–Crippen LogP) is 9.22. The molecule has 57 heavy (non-hydrogen) atoms. The Labute approximate surface area is 349 Å². The molecule has 0 radical (unpaired) electrons. The van der Waals surface area contributed by atoms with E-state index in [0.29, 0.717) is 45.3 Å². The van der Waals surface area contributed by atoms with Crippen LogP contribution in [0.1, 0.15) is 80.2 Å². The smallest absolute Gasteiger partial charge is 0.347 e. The molecule has 1 heterocycles. The molecule has 2 aliphatic carbocycles. The standard InChI is InChI=1S/C24H27ClO4.C21H26ClNO4S/c1-15-6-8-23(16(2)10-15)29-14-20-19(21(25)13-22(20)26)12-18-5-3-4-17(11-18)7-9-24(27)28;1-12-6-7-13(2)18(8-12)27-11-15-14(17(24)9-16(15)22)4-3-5-20-23-10-19(28-20)21(25)26/h3-6,8,10-11,19-21H,7,9,12-14H2,1-2H3,(H,27,28);6-8,10,14-17,24H,3-5,9,11H2,1-2H3,(H,25,26)/t19-,20-,21?;14-,15-,16?,17?/m11/s1. The Kier molecular flexibility index (Phi) is 16.0. The predicted molar refractivity (Wildman–Crippen MR) is 224 cm³/mol. The number of aromatic carboxylic acids is 1. The maximum absolute atomic E-state index is 12.6. The molecule has 2 fully saturated rings. The number of aromatic nitrogens is 1. The van der Waals surface area contributed by atoms with Gasteiger partial charge in [0.15, 0.2) is 0 Å². The van der Waals surface area contributed by atoms with E-state index in [1.165, 1.54) is 23.1 Å². The highest BCUT2D eigenvalue weighted by Crippen LogP contribution is 2.40. The van der Waals surface area contributed by atoms with Crippen molar-refractivity contribution in [2.45, 2.75) is 95.9 Å². The van der Waals surface area contributed by atoms with Gasteiger partial charge in [0.2, 0.25) is 0 Å². The van der Waals surface area contributed by atoms with E-state index in [1.807, 2.05) is 76.2 Å². The Balaban J connectivity index is 0.000000218. The fraction of sp³-hybridized carbons (Fsp3) is 0.467. The zero-order valence-electron chi connectivity index (χ0n) is 33.0. The summed E-state index contributed by atoms with van der Waals surface area (Å²) in [4.78, 5) is 38.8. The third-order valence-corrected chi connectivity index (χ3v) is 13.1. The van der Waals surface area contributed by atoms with Crippen LogP contribution in [0.25, 0.3) is 0 Å². The van der Waals surface area contributed by atoms with Crippen molar-refractivity contribution in [3.05, 3.63) is 110 Å². The molecule has 0 saturated heterocycles. The van der Waals surface area contributed by atoms with E-state index in [1.54, 1.807) is 0 Å². The Bertz CT molecular complexity index is 2000. The largest absolute Gasteiger partial charge is 0.493 e. The van der Waals surface area contributed by atoms with Crippen LogP contribution in [0.15, 0.2) is 66.9 Å². The van der Waals surface area contributed by atoms with E-state index in [0.717, 1.165) is 57.2 Å². The summed E-state index contributed by atoms with van der Waals surface area (Å²) < 4.78 is 12.1. The van der Waals surface area contributed by atoms with Crippen molar-refractivity contribution >= 4 is 52.3 Å². The second-order valence-electron chi connectivity index (χ2n) is 15.5. The summed E-state index contributed by atoms with van der Waals surface area (Å²) in [6, 6.07) is 20.1. The first-order valence-electron chi connectivity index (χ1n) is 19.5. The molecule has 6 rings (SSSR count). The number of thiazole rings is 1. The molecule has 9 nitrogen and oxygen atoms in total. The number of carboxylic acid groups (broad SMARTS) is 2. The average molecular weight is 839 g/mol. The third-order valence-electron chi connectivity index (χ3n) is 11.1. The van der Waals surface area contributed by atoms with Crippen molar-refractivity contribution in [3.8, 4) is 11.5 Å². The summed E-state index contributed by atoms with van der Waals surface area (Å²) in [5, 5.41) is 28.9. The van der Waals surface area contributed by atoms with Crippen LogP contribution in [0, 0.1) is 51.4 Å². The number of Topliss-reactive ketones (excluding diaryl/α,β-unsaturated/α-hetero) is 1. The molecule has 3 aromatic carbocycles. The molecule has 2 aliphatic rings. The number of carbonyl (C=O) groups excluding carboxylic acids is 1. The normalized spacial score (nSPS) is 22.9. The molecule has 3 unspecified atom stereocenters. The molecule has 1 aromatic heterocycles. The van der Waals surface area contributed by atoms with E-state index in [2.05, 4.69) is 17.1 Å². The molecule has 0 bridgehead atoms. The summed E-state index contributed by atoms with van der Waals surface area (Å²) >= 11 is 14.3. The zero-order chi connectivity index (χ0) is 41.2. The second-order valence-corrected chi connectivity index (χ2v) is 17.7. The lowest BCUT2D eigenvalue weighted by Crippen LogP contribution is -2.26. The van der Waals surface area contributed by atoms with Crippen LogP contribution >= 0.6 is 34.5 Å². The highest BCUT2D eigenvalue weighted by Gasteiger charge is 2.43. The molecular weight excluding hydrogens is 785 g/mol. The Morgan fingerprint density at radius 2 is 1.54 bits per heavy atom. The van der Waals surface area contributed by atoms with Gasteiger partial charge in [-0.2, -0.15) is 0 Å². The summed E-state index contributed by atoms with van der Waals surface area (Å²) in [7, 11) is 0. The number of aliphatic hydroxyl groups is 1. The average Bonchev–Trinajstić information content (AvgIpc) is 3.82. The van der Waals surface area contributed by atoms with Gasteiger partial charge in [0, 0.05) is 29.5 Å². The van der Waals surface area contributed by atoms with Gasteiger partial charge in [-0.1, -0.05) is 54.1 Å². The summed E-state index contributed by atoms with van der Waals surface area (Å²) in [6.07, 6.45) is 5.56. The highest BCUT2D eigenvalue weighted by molar-refractivity contribution is 7.13. The second kappa shape index (κ2) is 20.6. The van der Waals surface area contributed by atoms with Gasteiger partial charge in [0.05, 0.1) is 36.4 Å². The van der Waals surface area contributed by atoms with Crippen LogP contribution in [0.5, 0.6) is 11.5 Å².